The third-order valence-electron chi connectivity index (χ3n) is 6.32. The third kappa shape index (κ3) is 5.21. The summed E-state index contributed by atoms with van der Waals surface area (Å²) in [5.74, 6) is -0.307. The molecule has 0 spiro atoms. The van der Waals surface area contributed by atoms with E-state index in [4.69, 9.17) is 4.74 Å². The number of hydrogen-bond donors (Lipinski definition) is 1. The molecule has 1 heterocycles. The van der Waals surface area contributed by atoms with Crippen molar-refractivity contribution >= 4 is 6.09 Å². The zero-order chi connectivity index (χ0) is 23.3. The normalized spacial score (nSPS) is 15.1. The van der Waals surface area contributed by atoms with Crippen LogP contribution in [0.3, 0.4) is 0 Å². The van der Waals surface area contributed by atoms with Gasteiger partial charge in [0.15, 0.2) is 0 Å². The zero-order valence-electron chi connectivity index (χ0n) is 18.2. The standard InChI is InChI=1S/C27H25FN2O3/c28-25-8-6-22(7-9-25)23-15-20(17-29)14-21(16-23)18-33-19-27(24-4-2-1-3-5-24)10-12-30(13-11-27)26(31)32/h1-9,14-16H,10-13,18-19H2,(H,31,32). The van der Waals surface area contributed by atoms with E-state index in [0.29, 0.717) is 44.7 Å². The average molecular weight is 445 g/mol. The Labute approximate surface area is 192 Å². The molecule has 0 aromatic heterocycles. The first kappa shape index (κ1) is 22.5. The van der Waals surface area contributed by atoms with Gasteiger partial charge < -0.3 is 14.7 Å². The Kier molecular flexibility index (Phi) is 6.71. The van der Waals surface area contributed by atoms with E-state index in [-0.39, 0.29) is 11.2 Å². The average Bonchev–Trinajstić information content (AvgIpc) is 2.85. The lowest BCUT2D eigenvalue weighted by molar-refractivity contribution is 0.0369. The molecule has 1 N–H and O–H groups in total. The molecule has 3 aromatic rings. The summed E-state index contributed by atoms with van der Waals surface area (Å²) in [6, 6.07) is 24.0. The molecule has 0 saturated carbocycles. The second-order valence-electron chi connectivity index (χ2n) is 8.45. The molecular formula is C27H25FN2O3. The molecule has 1 aliphatic heterocycles. The van der Waals surface area contributed by atoms with Gasteiger partial charge in [0, 0.05) is 18.5 Å². The molecule has 0 radical (unpaired) electrons. The summed E-state index contributed by atoms with van der Waals surface area (Å²) >= 11 is 0. The fraction of sp³-hybridized carbons (Fsp3) is 0.259. The van der Waals surface area contributed by atoms with Gasteiger partial charge in [-0.3, -0.25) is 0 Å². The summed E-state index contributed by atoms with van der Waals surface area (Å²) in [6.45, 7) is 1.70. The summed E-state index contributed by atoms with van der Waals surface area (Å²) in [5.41, 5.74) is 3.92. The number of hydrogen-bond acceptors (Lipinski definition) is 3. The lowest BCUT2D eigenvalue weighted by atomic mass is 9.73. The quantitative estimate of drug-likeness (QED) is 0.538. The van der Waals surface area contributed by atoms with Gasteiger partial charge in [-0.2, -0.15) is 5.26 Å². The fourth-order valence-electron chi connectivity index (χ4n) is 4.45. The van der Waals surface area contributed by atoms with Crippen molar-refractivity contribution < 1.29 is 19.0 Å². The van der Waals surface area contributed by atoms with E-state index in [1.165, 1.54) is 17.0 Å². The van der Waals surface area contributed by atoms with Gasteiger partial charge in [0.05, 0.1) is 24.8 Å². The van der Waals surface area contributed by atoms with Crippen LogP contribution in [0.25, 0.3) is 11.1 Å². The van der Waals surface area contributed by atoms with E-state index in [1.807, 2.05) is 24.3 Å². The van der Waals surface area contributed by atoms with Crippen LogP contribution >= 0.6 is 0 Å². The van der Waals surface area contributed by atoms with E-state index in [9.17, 15) is 19.6 Å². The van der Waals surface area contributed by atoms with Gasteiger partial charge >= 0.3 is 6.09 Å². The van der Waals surface area contributed by atoms with Crippen LogP contribution in [0, 0.1) is 17.1 Å². The topological polar surface area (TPSA) is 73.6 Å². The monoisotopic (exact) mass is 444 g/mol. The molecule has 0 unspecified atom stereocenters. The zero-order valence-corrected chi connectivity index (χ0v) is 18.2. The maximum atomic E-state index is 13.3. The highest BCUT2D eigenvalue weighted by Crippen LogP contribution is 2.36. The van der Waals surface area contributed by atoms with Gasteiger partial charge in [0.25, 0.3) is 0 Å². The molecule has 1 fully saturated rings. The Morgan fingerprint density at radius 3 is 2.36 bits per heavy atom. The van der Waals surface area contributed by atoms with Crippen molar-refractivity contribution in [2.45, 2.75) is 24.9 Å². The van der Waals surface area contributed by atoms with E-state index in [1.54, 1.807) is 24.3 Å². The molecule has 0 aliphatic carbocycles. The Balaban J connectivity index is 1.52. The van der Waals surface area contributed by atoms with Crippen molar-refractivity contribution in [1.29, 1.82) is 5.26 Å². The molecule has 6 heteroatoms. The Morgan fingerprint density at radius 2 is 1.73 bits per heavy atom. The summed E-state index contributed by atoms with van der Waals surface area (Å²) in [7, 11) is 0. The molecule has 168 valence electrons. The first-order chi connectivity index (χ1) is 16.0. The molecule has 1 saturated heterocycles. The third-order valence-corrected chi connectivity index (χ3v) is 6.32. The first-order valence-electron chi connectivity index (χ1n) is 10.9. The minimum absolute atomic E-state index is 0.264. The molecule has 33 heavy (non-hydrogen) atoms. The minimum Gasteiger partial charge on any atom is -0.465 e. The number of piperidine rings is 1. The fourth-order valence-corrected chi connectivity index (χ4v) is 4.45. The number of amides is 1. The van der Waals surface area contributed by atoms with Crippen molar-refractivity contribution in [3.63, 3.8) is 0 Å². The van der Waals surface area contributed by atoms with Crippen LogP contribution < -0.4 is 0 Å². The number of carboxylic acid groups (broad SMARTS) is 1. The van der Waals surface area contributed by atoms with Crippen LogP contribution in [0.2, 0.25) is 0 Å². The highest BCUT2D eigenvalue weighted by molar-refractivity contribution is 5.66. The van der Waals surface area contributed by atoms with E-state index >= 15 is 0 Å². The van der Waals surface area contributed by atoms with Crippen LogP contribution in [0.4, 0.5) is 9.18 Å². The lowest BCUT2D eigenvalue weighted by Gasteiger charge is -2.41. The van der Waals surface area contributed by atoms with E-state index in [0.717, 1.165) is 22.3 Å². The second-order valence-corrected chi connectivity index (χ2v) is 8.45. The van der Waals surface area contributed by atoms with Gasteiger partial charge in [-0.25, -0.2) is 9.18 Å². The summed E-state index contributed by atoms with van der Waals surface area (Å²) in [6.07, 6.45) is 0.476. The van der Waals surface area contributed by atoms with Crippen LogP contribution in [-0.2, 0) is 16.8 Å². The highest BCUT2D eigenvalue weighted by Gasteiger charge is 2.37. The largest absolute Gasteiger partial charge is 0.465 e. The SMILES string of the molecule is N#Cc1cc(COCC2(c3ccccc3)CCN(C(=O)O)CC2)cc(-c2ccc(F)cc2)c1. The maximum absolute atomic E-state index is 13.3. The number of benzene rings is 3. The van der Waals surface area contributed by atoms with Gasteiger partial charge in [0.2, 0.25) is 0 Å². The Morgan fingerprint density at radius 1 is 1.03 bits per heavy atom. The number of likely N-dealkylation sites (tertiary alicyclic amines) is 1. The van der Waals surface area contributed by atoms with Crippen molar-refractivity contribution in [1.82, 2.24) is 4.90 Å². The van der Waals surface area contributed by atoms with Gasteiger partial charge in [0.1, 0.15) is 5.82 Å². The lowest BCUT2D eigenvalue weighted by Crippen LogP contribution is -2.46. The Bertz CT molecular complexity index is 1150. The minimum atomic E-state index is -0.890. The van der Waals surface area contributed by atoms with Crippen molar-refractivity contribution in [3.05, 3.63) is 95.3 Å². The molecule has 4 rings (SSSR count). The van der Waals surface area contributed by atoms with Gasteiger partial charge in [-0.1, -0.05) is 42.5 Å². The number of halogens is 1. The number of nitriles is 1. The smallest absolute Gasteiger partial charge is 0.407 e. The number of rotatable bonds is 6. The van der Waals surface area contributed by atoms with Crippen molar-refractivity contribution in [3.8, 4) is 17.2 Å². The molecule has 1 aliphatic rings. The Hall–Kier alpha value is -3.69. The van der Waals surface area contributed by atoms with Crippen molar-refractivity contribution in [2.24, 2.45) is 0 Å². The number of carbonyl (C=O) groups is 1. The van der Waals surface area contributed by atoms with Crippen LogP contribution in [0.5, 0.6) is 0 Å². The van der Waals surface area contributed by atoms with Crippen molar-refractivity contribution in [2.75, 3.05) is 19.7 Å². The van der Waals surface area contributed by atoms with Crippen LogP contribution in [0.15, 0.2) is 72.8 Å². The maximum Gasteiger partial charge on any atom is 0.407 e. The summed E-state index contributed by atoms with van der Waals surface area (Å²) in [5, 5.41) is 18.8. The number of ether oxygens (including phenoxy) is 1. The van der Waals surface area contributed by atoms with Gasteiger partial charge in [-0.15, -0.1) is 0 Å². The molecule has 1 amide bonds. The molecular weight excluding hydrogens is 419 g/mol. The molecule has 0 atom stereocenters. The number of nitrogens with zero attached hydrogens (tertiary/aromatic N) is 2. The molecule has 5 nitrogen and oxygen atoms in total. The van der Waals surface area contributed by atoms with Crippen LogP contribution in [-0.4, -0.2) is 35.8 Å². The summed E-state index contributed by atoms with van der Waals surface area (Å²) < 4.78 is 19.5. The second kappa shape index (κ2) is 9.85. The molecule has 0 bridgehead atoms. The van der Waals surface area contributed by atoms with E-state index in [2.05, 4.69) is 18.2 Å². The predicted molar refractivity (Wildman–Crippen MR) is 123 cm³/mol. The highest BCUT2D eigenvalue weighted by atomic mass is 19.1. The van der Waals surface area contributed by atoms with Gasteiger partial charge in [-0.05, 0) is 65.4 Å². The summed E-state index contributed by atoms with van der Waals surface area (Å²) in [4.78, 5) is 12.8. The first-order valence-corrected chi connectivity index (χ1v) is 10.9. The van der Waals surface area contributed by atoms with E-state index < -0.39 is 6.09 Å². The predicted octanol–water partition coefficient (Wildman–Crippen LogP) is 5.59. The van der Waals surface area contributed by atoms with Crippen LogP contribution in [0.1, 0.15) is 29.5 Å². The molecule has 3 aromatic carbocycles.